The number of rotatable bonds is 2. The molecule has 0 aromatic rings. The number of hydrogen-bond acceptors (Lipinski definition) is 1. The van der Waals surface area contributed by atoms with Crippen LogP contribution < -0.4 is 0 Å². The molecule has 0 saturated carbocycles. The van der Waals surface area contributed by atoms with Crippen LogP contribution in [0.5, 0.6) is 0 Å². The summed E-state index contributed by atoms with van der Waals surface area (Å²) in [5.74, 6) is -0.950. The van der Waals surface area contributed by atoms with Crippen molar-refractivity contribution in [2.45, 2.75) is 38.0 Å². The maximum Gasteiger partial charge on any atom is 0.303 e. The third-order valence-electron chi connectivity index (χ3n) is 2.60. The highest BCUT2D eigenvalue weighted by atomic mass is 28.3. The SMILES string of the molecule is C[Si](C)(C)C(F)(F)C(=O)N1CCCC1. The van der Waals surface area contributed by atoms with Gasteiger partial charge in [0.25, 0.3) is 5.91 Å². The van der Waals surface area contributed by atoms with Gasteiger partial charge in [0.2, 0.25) is 0 Å². The van der Waals surface area contributed by atoms with Crippen LogP contribution in [-0.4, -0.2) is 37.5 Å². The molecule has 1 amide bonds. The standard InChI is InChI=1S/C9H17F2NOSi/c1-14(2,3)9(10,11)8(13)12-6-4-5-7-12/h4-7H2,1-3H3. The maximum absolute atomic E-state index is 13.6. The van der Waals surface area contributed by atoms with Gasteiger partial charge >= 0.3 is 5.55 Å². The number of hydrogen-bond donors (Lipinski definition) is 0. The number of carbonyl (C=O) groups is 1. The number of carbonyl (C=O) groups excluding carboxylic acids is 1. The molecule has 0 bridgehead atoms. The molecule has 1 saturated heterocycles. The monoisotopic (exact) mass is 221 g/mol. The van der Waals surface area contributed by atoms with Crippen molar-refractivity contribution < 1.29 is 13.6 Å². The Morgan fingerprint density at radius 3 is 2.00 bits per heavy atom. The quantitative estimate of drug-likeness (QED) is 0.654. The molecule has 5 heteroatoms. The van der Waals surface area contributed by atoms with E-state index in [0.29, 0.717) is 13.1 Å². The van der Waals surface area contributed by atoms with Gasteiger partial charge in [0.15, 0.2) is 0 Å². The van der Waals surface area contributed by atoms with Crippen molar-refractivity contribution in [1.29, 1.82) is 0 Å². The van der Waals surface area contributed by atoms with Crippen LogP contribution in [0.1, 0.15) is 12.8 Å². The van der Waals surface area contributed by atoms with Crippen molar-refractivity contribution in [3.8, 4) is 0 Å². The largest absolute Gasteiger partial charge is 0.338 e. The van der Waals surface area contributed by atoms with Crippen molar-refractivity contribution in [2.75, 3.05) is 13.1 Å². The molecule has 0 atom stereocenters. The van der Waals surface area contributed by atoms with E-state index >= 15 is 0 Å². The fourth-order valence-electron chi connectivity index (χ4n) is 1.44. The Morgan fingerprint density at radius 2 is 1.64 bits per heavy atom. The number of amides is 1. The second-order valence-electron chi connectivity index (χ2n) is 4.82. The number of nitrogens with zero attached hydrogens (tertiary/aromatic N) is 1. The van der Waals surface area contributed by atoms with Crippen LogP contribution >= 0.6 is 0 Å². The van der Waals surface area contributed by atoms with Gasteiger partial charge in [0.1, 0.15) is 8.07 Å². The Labute approximate surface area is 84.3 Å². The molecule has 1 fully saturated rings. The van der Waals surface area contributed by atoms with Crippen molar-refractivity contribution >= 4 is 14.0 Å². The lowest BCUT2D eigenvalue weighted by molar-refractivity contribution is -0.147. The Kier molecular flexibility index (Phi) is 2.99. The molecule has 2 nitrogen and oxygen atoms in total. The van der Waals surface area contributed by atoms with Gasteiger partial charge in [0, 0.05) is 13.1 Å². The molecule has 1 heterocycles. The highest BCUT2D eigenvalue weighted by Crippen LogP contribution is 2.30. The van der Waals surface area contributed by atoms with Gasteiger partial charge in [-0.3, -0.25) is 4.79 Å². The first-order chi connectivity index (χ1) is 6.27. The van der Waals surface area contributed by atoms with Crippen LogP contribution in [-0.2, 0) is 4.79 Å². The summed E-state index contributed by atoms with van der Waals surface area (Å²) in [5.41, 5.74) is -3.11. The zero-order chi connectivity index (χ0) is 11.0. The summed E-state index contributed by atoms with van der Waals surface area (Å²) in [6.07, 6.45) is 1.71. The predicted octanol–water partition coefficient (Wildman–Crippen LogP) is 2.12. The summed E-state index contributed by atoms with van der Waals surface area (Å²) < 4.78 is 27.3. The lowest BCUT2D eigenvalue weighted by atomic mass is 10.4. The van der Waals surface area contributed by atoms with E-state index in [2.05, 4.69) is 0 Å². The predicted molar refractivity (Wildman–Crippen MR) is 54.1 cm³/mol. The van der Waals surface area contributed by atoms with Crippen LogP contribution in [0.25, 0.3) is 0 Å². The summed E-state index contributed by atoms with van der Waals surface area (Å²) in [6.45, 7) is 5.58. The van der Waals surface area contributed by atoms with Gasteiger partial charge in [-0.1, -0.05) is 19.6 Å². The Morgan fingerprint density at radius 1 is 1.21 bits per heavy atom. The van der Waals surface area contributed by atoms with Crippen LogP contribution in [0.2, 0.25) is 19.6 Å². The molecular weight excluding hydrogens is 204 g/mol. The molecule has 0 aliphatic carbocycles. The fourth-order valence-corrected chi connectivity index (χ4v) is 2.24. The van der Waals surface area contributed by atoms with E-state index < -0.39 is 19.5 Å². The summed E-state index contributed by atoms with van der Waals surface area (Å²) in [6, 6.07) is 0. The van der Waals surface area contributed by atoms with Crippen LogP contribution in [0.3, 0.4) is 0 Å². The zero-order valence-corrected chi connectivity index (χ0v) is 9.94. The van der Waals surface area contributed by atoms with Crippen molar-refractivity contribution in [1.82, 2.24) is 4.90 Å². The molecule has 0 aromatic heterocycles. The smallest absolute Gasteiger partial charge is 0.303 e. The van der Waals surface area contributed by atoms with E-state index in [1.807, 2.05) is 0 Å². The Hall–Kier alpha value is -0.453. The topological polar surface area (TPSA) is 20.3 Å². The molecule has 0 spiro atoms. The van der Waals surface area contributed by atoms with Gasteiger partial charge in [-0.2, -0.15) is 0 Å². The number of alkyl halides is 2. The molecule has 1 aliphatic rings. The first kappa shape index (κ1) is 11.6. The van der Waals surface area contributed by atoms with Gasteiger partial charge in [-0.15, -0.1) is 0 Å². The number of halogens is 2. The molecule has 82 valence electrons. The highest BCUT2D eigenvalue weighted by molar-refractivity contribution is 6.81. The molecule has 14 heavy (non-hydrogen) atoms. The third kappa shape index (κ3) is 1.97. The maximum atomic E-state index is 13.6. The average Bonchev–Trinajstić information content (AvgIpc) is 2.52. The molecule has 0 radical (unpaired) electrons. The van der Waals surface area contributed by atoms with Crippen LogP contribution in [0.15, 0.2) is 0 Å². The first-order valence-electron chi connectivity index (χ1n) is 4.94. The summed E-state index contributed by atoms with van der Waals surface area (Å²) in [4.78, 5) is 12.8. The van der Waals surface area contributed by atoms with Gasteiger partial charge in [0.05, 0.1) is 0 Å². The van der Waals surface area contributed by atoms with E-state index in [-0.39, 0.29) is 0 Å². The van der Waals surface area contributed by atoms with E-state index in [1.165, 1.54) is 24.5 Å². The lowest BCUT2D eigenvalue weighted by Crippen LogP contribution is -2.56. The second kappa shape index (κ2) is 3.60. The molecule has 0 unspecified atom stereocenters. The van der Waals surface area contributed by atoms with Gasteiger partial charge in [-0.25, -0.2) is 8.78 Å². The summed E-state index contributed by atoms with van der Waals surface area (Å²) in [7, 11) is -2.74. The number of likely N-dealkylation sites (tertiary alicyclic amines) is 1. The van der Waals surface area contributed by atoms with Gasteiger partial charge < -0.3 is 4.90 Å². The van der Waals surface area contributed by atoms with Crippen molar-refractivity contribution in [3.05, 3.63) is 0 Å². The average molecular weight is 221 g/mol. The molecular formula is C9H17F2NOSi. The minimum Gasteiger partial charge on any atom is -0.338 e. The molecule has 0 aromatic carbocycles. The summed E-state index contributed by atoms with van der Waals surface area (Å²) in [5, 5.41) is 0. The summed E-state index contributed by atoms with van der Waals surface area (Å²) >= 11 is 0. The van der Waals surface area contributed by atoms with E-state index in [4.69, 9.17) is 0 Å². The Balaban J connectivity index is 2.76. The molecule has 1 rings (SSSR count). The minimum absolute atomic E-state index is 0.499. The van der Waals surface area contributed by atoms with E-state index in [9.17, 15) is 13.6 Å². The van der Waals surface area contributed by atoms with Crippen molar-refractivity contribution in [3.63, 3.8) is 0 Å². The molecule has 0 N–H and O–H groups in total. The first-order valence-corrected chi connectivity index (χ1v) is 8.44. The minimum atomic E-state index is -3.11. The zero-order valence-electron chi connectivity index (χ0n) is 8.94. The third-order valence-corrected chi connectivity index (χ3v) is 4.70. The van der Waals surface area contributed by atoms with E-state index in [1.54, 1.807) is 0 Å². The van der Waals surface area contributed by atoms with E-state index in [0.717, 1.165) is 12.8 Å². The van der Waals surface area contributed by atoms with Gasteiger partial charge in [-0.05, 0) is 12.8 Å². The van der Waals surface area contributed by atoms with Crippen LogP contribution in [0, 0.1) is 0 Å². The van der Waals surface area contributed by atoms with Crippen molar-refractivity contribution in [2.24, 2.45) is 0 Å². The highest BCUT2D eigenvalue weighted by Gasteiger charge is 2.53. The van der Waals surface area contributed by atoms with Crippen LogP contribution in [0.4, 0.5) is 8.78 Å². The Bertz CT molecular complexity index is 231. The lowest BCUT2D eigenvalue weighted by Gasteiger charge is -2.30. The second-order valence-corrected chi connectivity index (χ2v) is 9.95. The fraction of sp³-hybridized carbons (Fsp3) is 0.889. The normalized spacial score (nSPS) is 18.8. The molecule has 1 aliphatic heterocycles.